The molecule has 0 heterocycles. The average Bonchev–Trinajstić information content (AvgIpc) is 2.38. The minimum absolute atomic E-state index is 0.102. The van der Waals surface area contributed by atoms with E-state index < -0.39 is 23.7 Å². The number of amides is 1. The highest BCUT2D eigenvalue weighted by Gasteiger charge is 2.16. The van der Waals surface area contributed by atoms with E-state index in [4.69, 9.17) is 10.8 Å². The minimum atomic E-state index is -1.19. The number of nitrogens with two attached hydrogens (primary N) is 1. The van der Waals surface area contributed by atoms with Crippen molar-refractivity contribution in [3.8, 4) is 0 Å². The Bertz CT molecular complexity index is 482. The van der Waals surface area contributed by atoms with Gasteiger partial charge in [-0.2, -0.15) is 11.8 Å². The lowest BCUT2D eigenvalue weighted by Crippen LogP contribution is -2.36. The second kappa shape index (κ2) is 7.10. The van der Waals surface area contributed by atoms with Crippen LogP contribution in [0.2, 0.25) is 0 Å². The molecule has 0 spiro atoms. The van der Waals surface area contributed by atoms with E-state index in [1.165, 1.54) is 0 Å². The molecule has 19 heavy (non-hydrogen) atoms. The summed E-state index contributed by atoms with van der Waals surface area (Å²) in [6.07, 6.45) is 2.36. The van der Waals surface area contributed by atoms with Crippen molar-refractivity contribution >= 4 is 29.3 Å². The molecule has 0 aliphatic heterocycles. The number of carbonyl (C=O) groups excluding carboxylic acids is 1. The predicted octanol–water partition coefficient (Wildman–Crippen LogP) is 1.54. The van der Waals surface area contributed by atoms with Crippen molar-refractivity contribution in [1.29, 1.82) is 0 Å². The number of rotatable bonds is 6. The van der Waals surface area contributed by atoms with Crippen LogP contribution >= 0.6 is 11.8 Å². The Labute approximate surface area is 114 Å². The smallest absolute Gasteiger partial charge is 0.335 e. The quantitative estimate of drug-likeness (QED) is 0.737. The summed E-state index contributed by atoms with van der Waals surface area (Å²) in [7, 11) is 0. The molecule has 1 aromatic carbocycles. The fourth-order valence-electron chi connectivity index (χ4n) is 1.36. The Morgan fingerprint density at radius 3 is 2.79 bits per heavy atom. The van der Waals surface area contributed by atoms with Gasteiger partial charge >= 0.3 is 5.97 Å². The van der Waals surface area contributed by atoms with E-state index in [1.807, 2.05) is 6.26 Å². The van der Waals surface area contributed by atoms with Crippen LogP contribution in [-0.4, -0.2) is 35.0 Å². The van der Waals surface area contributed by atoms with E-state index in [9.17, 15) is 14.0 Å². The zero-order valence-electron chi connectivity index (χ0n) is 10.4. The van der Waals surface area contributed by atoms with Gasteiger partial charge in [0.2, 0.25) is 5.91 Å². The van der Waals surface area contributed by atoms with Crippen molar-refractivity contribution in [1.82, 2.24) is 0 Å². The molecule has 0 unspecified atom stereocenters. The molecule has 0 aromatic heterocycles. The van der Waals surface area contributed by atoms with Crippen molar-refractivity contribution in [2.75, 3.05) is 17.3 Å². The van der Waals surface area contributed by atoms with Gasteiger partial charge in [0.1, 0.15) is 5.82 Å². The highest BCUT2D eigenvalue weighted by Crippen LogP contribution is 2.16. The Hall–Kier alpha value is -1.60. The molecule has 5 nitrogen and oxygen atoms in total. The van der Waals surface area contributed by atoms with Crippen LogP contribution in [0.15, 0.2) is 18.2 Å². The maximum atomic E-state index is 13.5. The molecule has 104 valence electrons. The number of carboxylic acid groups (broad SMARTS) is 1. The number of nitrogens with one attached hydrogen (secondary N) is 1. The number of hydrogen-bond acceptors (Lipinski definition) is 4. The number of hydrogen-bond donors (Lipinski definition) is 3. The molecular formula is C12H15FN2O3S. The average molecular weight is 286 g/mol. The van der Waals surface area contributed by atoms with E-state index in [2.05, 4.69) is 5.32 Å². The highest BCUT2D eigenvalue weighted by atomic mass is 32.2. The zero-order valence-corrected chi connectivity index (χ0v) is 11.2. The molecule has 1 aromatic rings. The van der Waals surface area contributed by atoms with E-state index in [0.29, 0.717) is 12.2 Å². The van der Waals surface area contributed by atoms with E-state index >= 15 is 0 Å². The van der Waals surface area contributed by atoms with Crippen LogP contribution in [0, 0.1) is 5.82 Å². The van der Waals surface area contributed by atoms with Gasteiger partial charge < -0.3 is 16.2 Å². The Kier molecular flexibility index (Phi) is 5.78. The van der Waals surface area contributed by atoms with Gasteiger partial charge in [-0.25, -0.2) is 9.18 Å². The van der Waals surface area contributed by atoms with Crippen molar-refractivity contribution < 1.29 is 19.1 Å². The van der Waals surface area contributed by atoms with Gasteiger partial charge in [-0.15, -0.1) is 0 Å². The Morgan fingerprint density at radius 2 is 2.21 bits per heavy atom. The van der Waals surface area contributed by atoms with Crippen LogP contribution in [-0.2, 0) is 4.79 Å². The van der Waals surface area contributed by atoms with E-state index in [0.717, 1.165) is 18.2 Å². The van der Waals surface area contributed by atoms with Crippen LogP contribution in [0.5, 0.6) is 0 Å². The first kappa shape index (κ1) is 15.5. The first-order valence-corrected chi connectivity index (χ1v) is 6.93. The number of carbonyl (C=O) groups is 2. The molecule has 4 N–H and O–H groups in total. The van der Waals surface area contributed by atoms with Gasteiger partial charge in [-0.05, 0) is 36.6 Å². The number of halogens is 1. The molecular weight excluding hydrogens is 271 g/mol. The summed E-state index contributed by atoms with van der Waals surface area (Å²) in [4.78, 5) is 22.5. The van der Waals surface area contributed by atoms with E-state index in [1.54, 1.807) is 11.8 Å². The van der Waals surface area contributed by atoms with Gasteiger partial charge in [0.15, 0.2) is 0 Å². The van der Waals surface area contributed by atoms with Crippen molar-refractivity contribution in [3.63, 3.8) is 0 Å². The van der Waals surface area contributed by atoms with Crippen molar-refractivity contribution in [2.45, 2.75) is 12.5 Å². The molecule has 1 rings (SSSR count). The van der Waals surface area contributed by atoms with Crippen LogP contribution in [0.25, 0.3) is 0 Å². The van der Waals surface area contributed by atoms with Crippen LogP contribution in [0.4, 0.5) is 10.1 Å². The molecule has 7 heteroatoms. The van der Waals surface area contributed by atoms with Gasteiger partial charge in [-0.3, -0.25) is 4.79 Å². The minimum Gasteiger partial charge on any atom is -0.478 e. The lowest BCUT2D eigenvalue weighted by atomic mass is 10.1. The summed E-state index contributed by atoms with van der Waals surface area (Å²) in [5, 5.41) is 11.1. The lowest BCUT2D eigenvalue weighted by molar-refractivity contribution is -0.117. The summed E-state index contributed by atoms with van der Waals surface area (Å²) in [5.41, 5.74) is 5.36. The van der Waals surface area contributed by atoms with Crippen molar-refractivity contribution in [3.05, 3.63) is 29.6 Å². The number of benzene rings is 1. The van der Waals surface area contributed by atoms with Gasteiger partial charge in [0.05, 0.1) is 17.3 Å². The third-order valence-corrected chi connectivity index (χ3v) is 3.08. The number of anilines is 1. The second-order valence-electron chi connectivity index (χ2n) is 3.88. The molecule has 1 amide bonds. The highest BCUT2D eigenvalue weighted by molar-refractivity contribution is 7.98. The summed E-state index contributed by atoms with van der Waals surface area (Å²) in [6.45, 7) is 0. The first-order valence-electron chi connectivity index (χ1n) is 5.54. The Balaban J connectivity index is 2.78. The first-order chi connectivity index (χ1) is 8.95. The largest absolute Gasteiger partial charge is 0.478 e. The zero-order chi connectivity index (χ0) is 14.4. The standard InChI is InChI=1S/C12H15FN2O3S/c1-19-5-4-9(14)11(16)15-10-6-7(12(17)18)2-3-8(10)13/h2-3,6,9H,4-5,14H2,1H3,(H,15,16)(H,17,18)/t9-/m0/s1. The summed E-state index contributed by atoms with van der Waals surface area (Å²) in [5.74, 6) is -1.71. The monoisotopic (exact) mass is 286 g/mol. The molecule has 0 aliphatic rings. The molecule has 0 saturated carbocycles. The third-order valence-electron chi connectivity index (χ3n) is 2.44. The normalized spacial score (nSPS) is 11.9. The van der Waals surface area contributed by atoms with Gasteiger partial charge in [0.25, 0.3) is 0 Å². The van der Waals surface area contributed by atoms with Crippen LogP contribution < -0.4 is 11.1 Å². The fourth-order valence-corrected chi connectivity index (χ4v) is 1.85. The maximum Gasteiger partial charge on any atom is 0.335 e. The van der Waals surface area contributed by atoms with E-state index in [-0.39, 0.29) is 11.3 Å². The second-order valence-corrected chi connectivity index (χ2v) is 4.86. The fraction of sp³-hybridized carbons (Fsp3) is 0.333. The molecule has 0 aliphatic carbocycles. The number of aromatic carboxylic acids is 1. The van der Waals surface area contributed by atoms with Crippen LogP contribution in [0.1, 0.15) is 16.8 Å². The molecule has 1 atom stereocenters. The van der Waals surface area contributed by atoms with Crippen LogP contribution in [0.3, 0.4) is 0 Å². The molecule has 0 fully saturated rings. The number of carboxylic acids is 1. The summed E-state index contributed by atoms with van der Waals surface area (Å²) >= 11 is 1.55. The molecule has 0 saturated heterocycles. The SMILES string of the molecule is CSCC[C@H](N)C(=O)Nc1cc(C(=O)O)ccc1F. The third kappa shape index (κ3) is 4.53. The summed E-state index contributed by atoms with van der Waals surface area (Å²) < 4.78 is 13.5. The lowest BCUT2D eigenvalue weighted by Gasteiger charge is -2.12. The van der Waals surface area contributed by atoms with Crippen molar-refractivity contribution in [2.24, 2.45) is 5.73 Å². The number of thioether (sulfide) groups is 1. The predicted molar refractivity (Wildman–Crippen MR) is 73.0 cm³/mol. The maximum absolute atomic E-state index is 13.5. The molecule has 0 bridgehead atoms. The Morgan fingerprint density at radius 1 is 1.53 bits per heavy atom. The van der Waals surface area contributed by atoms with Gasteiger partial charge in [0, 0.05) is 0 Å². The molecule has 0 radical (unpaired) electrons. The topological polar surface area (TPSA) is 92.4 Å². The van der Waals surface area contributed by atoms with Gasteiger partial charge in [-0.1, -0.05) is 0 Å². The summed E-state index contributed by atoms with van der Waals surface area (Å²) in [6, 6.07) is 2.44.